The first-order chi connectivity index (χ1) is 8.67. The van der Waals surface area contributed by atoms with Crippen molar-refractivity contribution in [1.82, 2.24) is 0 Å². The van der Waals surface area contributed by atoms with Crippen LogP contribution in [-0.2, 0) is 9.53 Å². The fourth-order valence-corrected chi connectivity index (χ4v) is 2.24. The van der Waals surface area contributed by atoms with Crippen molar-refractivity contribution in [2.75, 3.05) is 6.61 Å². The highest BCUT2D eigenvalue weighted by atomic mass is 16.5. The van der Waals surface area contributed by atoms with E-state index in [0.29, 0.717) is 18.1 Å². The third-order valence-corrected chi connectivity index (χ3v) is 3.39. The van der Waals surface area contributed by atoms with Crippen LogP contribution in [-0.4, -0.2) is 18.6 Å². The summed E-state index contributed by atoms with van der Waals surface area (Å²) >= 11 is 0. The van der Waals surface area contributed by atoms with Gasteiger partial charge in [0.25, 0.3) is 0 Å². The summed E-state index contributed by atoms with van der Waals surface area (Å²) in [5.41, 5.74) is 9.06. The first kappa shape index (κ1) is 14.6. The summed E-state index contributed by atoms with van der Waals surface area (Å²) in [4.78, 5) is 14.3. The van der Waals surface area contributed by atoms with E-state index in [4.69, 9.17) is 10.3 Å². The number of rotatable bonds is 5. The summed E-state index contributed by atoms with van der Waals surface area (Å²) in [6, 6.07) is 0.168. The fraction of sp³-hybridized carbons (Fsp3) is 0.769. The largest absolute Gasteiger partial charge is 0.463 e. The van der Waals surface area contributed by atoms with Crippen LogP contribution in [0.4, 0.5) is 0 Å². The van der Waals surface area contributed by atoms with Gasteiger partial charge in [-0.2, -0.15) is 0 Å². The molecule has 0 atom stereocenters. The quantitative estimate of drug-likeness (QED) is 0.245. The van der Waals surface area contributed by atoms with E-state index in [1.54, 1.807) is 6.92 Å². The number of hydrogen-bond acceptors (Lipinski definition) is 3. The summed E-state index contributed by atoms with van der Waals surface area (Å²) in [6.07, 6.45) is 6.93. The van der Waals surface area contributed by atoms with E-state index >= 15 is 0 Å². The molecule has 18 heavy (non-hydrogen) atoms. The Kier molecular flexibility index (Phi) is 6.29. The maximum absolute atomic E-state index is 11.4. The van der Waals surface area contributed by atoms with Crippen molar-refractivity contribution in [1.29, 1.82) is 0 Å². The average molecular weight is 251 g/mol. The number of carbonyl (C=O) groups excluding carboxylic acids is 1. The number of nitrogens with zero attached hydrogens (tertiary/aromatic N) is 3. The molecule has 0 aromatic carbocycles. The van der Waals surface area contributed by atoms with E-state index in [1.165, 1.54) is 0 Å². The Hall–Kier alpha value is -1.48. The number of ether oxygens (including phenoxy) is 1. The van der Waals surface area contributed by atoms with Gasteiger partial charge in [0.05, 0.1) is 6.61 Å². The minimum Gasteiger partial charge on any atom is -0.463 e. The Morgan fingerprint density at radius 2 is 2.11 bits per heavy atom. The Balaban J connectivity index is 2.35. The van der Waals surface area contributed by atoms with Crippen LogP contribution in [0.25, 0.3) is 10.4 Å². The predicted octanol–water partition coefficient (Wildman–Crippen LogP) is 3.76. The van der Waals surface area contributed by atoms with E-state index in [-0.39, 0.29) is 12.0 Å². The van der Waals surface area contributed by atoms with Crippen LogP contribution in [0.15, 0.2) is 16.8 Å². The van der Waals surface area contributed by atoms with Gasteiger partial charge < -0.3 is 4.74 Å². The zero-order valence-electron chi connectivity index (χ0n) is 11.1. The first-order valence-electron chi connectivity index (χ1n) is 6.55. The zero-order valence-corrected chi connectivity index (χ0v) is 11.1. The lowest BCUT2D eigenvalue weighted by Crippen LogP contribution is -2.16. The lowest BCUT2D eigenvalue weighted by atomic mass is 9.84. The van der Waals surface area contributed by atoms with Crippen molar-refractivity contribution in [2.45, 2.75) is 52.0 Å². The molecule has 1 aliphatic carbocycles. The van der Waals surface area contributed by atoms with Gasteiger partial charge in [0.15, 0.2) is 0 Å². The maximum Gasteiger partial charge on any atom is 0.333 e. The molecule has 0 amide bonds. The van der Waals surface area contributed by atoms with E-state index < -0.39 is 0 Å². The van der Waals surface area contributed by atoms with Gasteiger partial charge in [0, 0.05) is 16.5 Å². The van der Waals surface area contributed by atoms with Gasteiger partial charge in [0.1, 0.15) is 0 Å². The summed E-state index contributed by atoms with van der Waals surface area (Å²) < 4.78 is 4.93. The van der Waals surface area contributed by atoms with Crippen molar-refractivity contribution < 1.29 is 9.53 Å². The van der Waals surface area contributed by atoms with Gasteiger partial charge in [-0.05, 0) is 57.4 Å². The monoisotopic (exact) mass is 251 g/mol. The third kappa shape index (κ3) is 4.80. The zero-order chi connectivity index (χ0) is 13.4. The van der Waals surface area contributed by atoms with Crippen molar-refractivity contribution in [2.24, 2.45) is 11.0 Å². The first-order valence-corrected chi connectivity index (χ1v) is 6.55. The van der Waals surface area contributed by atoms with Crippen LogP contribution < -0.4 is 0 Å². The minimum atomic E-state index is -0.222. The molecule has 0 radical (unpaired) electrons. The van der Waals surface area contributed by atoms with Crippen LogP contribution in [0.5, 0.6) is 0 Å². The van der Waals surface area contributed by atoms with Gasteiger partial charge in [-0.1, -0.05) is 11.2 Å². The number of carbonyl (C=O) groups is 1. The van der Waals surface area contributed by atoms with Gasteiger partial charge in [-0.3, -0.25) is 0 Å². The van der Waals surface area contributed by atoms with Crippen LogP contribution in [0.1, 0.15) is 46.0 Å². The van der Waals surface area contributed by atoms with Crippen molar-refractivity contribution >= 4 is 5.97 Å². The topological polar surface area (TPSA) is 75.1 Å². The fourth-order valence-electron chi connectivity index (χ4n) is 2.24. The second-order valence-corrected chi connectivity index (χ2v) is 4.72. The second-order valence-electron chi connectivity index (χ2n) is 4.72. The highest BCUT2D eigenvalue weighted by molar-refractivity contribution is 5.87. The number of allylic oxidation sites excluding steroid dienone is 1. The Morgan fingerprint density at radius 1 is 1.44 bits per heavy atom. The Bertz CT molecular complexity index is 351. The molecular formula is C13H21N3O2. The maximum atomic E-state index is 11.4. The molecule has 0 heterocycles. The van der Waals surface area contributed by atoms with Crippen LogP contribution >= 0.6 is 0 Å². The summed E-state index contributed by atoms with van der Waals surface area (Å²) in [5.74, 6) is 0.375. The second kappa shape index (κ2) is 7.77. The molecule has 1 fully saturated rings. The minimum absolute atomic E-state index is 0.168. The molecule has 5 heteroatoms. The van der Waals surface area contributed by atoms with Crippen molar-refractivity contribution in [3.63, 3.8) is 0 Å². The molecule has 100 valence electrons. The summed E-state index contributed by atoms with van der Waals surface area (Å²) in [6.45, 7) is 4.02. The predicted molar refractivity (Wildman–Crippen MR) is 69.9 cm³/mol. The smallest absolute Gasteiger partial charge is 0.333 e. The number of azide groups is 1. The van der Waals surface area contributed by atoms with E-state index in [9.17, 15) is 4.79 Å². The molecule has 1 aliphatic rings. The van der Waals surface area contributed by atoms with Gasteiger partial charge in [-0.15, -0.1) is 0 Å². The molecule has 0 aromatic heterocycles. The molecule has 0 bridgehead atoms. The van der Waals surface area contributed by atoms with Gasteiger partial charge >= 0.3 is 5.97 Å². The summed E-state index contributed by atoms with van der Waals surface area (Å²) in [5, 5.41) is 3.76. The highest BCUT2D eigenvalue weighted by Crippen LogP contribution is 2.29. The number of hydrogen-bond donors (Lipinski definition) is 0. The normalized spacial score (nSPS) is 24.2. The Labute approximate surface area is 108 Å². The molecule has 5 nitrogen and oxygen atoms in total. The standard InChI is InChI=1S/C13H21N3O2/c1-3-18-13(17)10(2)4-5-11-6-8-12(9-7-11)15-16-14/h4,11-12H,3,5-9H2,1-2H3/b10-4+/t11-,12+. The Morgan fingerprint density at radius 3 is 2.67 bits per heavy atom. The molecule has 0 spiro atoms. The van der Waals surface area contributed by atoms with E-state index in [0.717, 1.165) is 32.1 Å². The van der Waals surface area contributed by atoms with E-state index in [1.807, 2.05) is 13.0 Å². The molecular weight excluding hydrogens is 230 g/mol. The van der Waals surface area contributed by atoms with Crippen LogP contribution in [0.3, 0.4) is 0 Å². The molecule has 0 N–H and O–H groups in total. The van der Waals surface area contributed by atoms with Gasteiger partial charge in [0.2, 0.25) is 0 Å². The SMILES string of the molecule is CCOC(=O)/C(C)=C/C[C@H]1CC[C@@H](N=[N+]=[N-])CC1. The van der Waals surface area contributed by atoms with Crippen molar-refractivity contribution in [3.05, 3.63) is 22.1 Å². The van der Waals surface area contributed by atoms with Crippen LogP contribution in [0, 0.1) is 5.92 Å². The van der Waals surface area contributed by atoms with Crippen molar-refractivity contribution in [3.8, 4) is 0 Å². The lowest BCUT2D eigenvalue weighted by molar-refractivity contribution is -0.138. The highest BCUT2D eigenvalue weighted by Gasteiger charge is 2.19. The van der Waals surface area contributed by atoms with Gasteiger partial charge in [-0.25, -0.2) is 4.79 Å². The molecule has 1 rings (SSSR count). The third-order valence-electron chi connectivity index (χ3n) is 3.39. The summed E-state index contributed by atoms with van der Waals surface area (Å²) in [7, 11) is 0. The molecule has 0 aliphatic heterocycles. The number of esters is 1. The van der Waals surface area contributed by atoms with Crippen LogP contribution in [0.2, 0.25) is 0 Å². The lowest BCUT2D eigenvalue weighted by Gasteiger charge is -2.24. The average Bonchev–Trinajstić information content (AvgIpc) is 2.38. The molecule has 1 saturated carbocycles. The molecule has 0 unspecified atom stereocenters. The molecule has 0 saturated heterocycles. The van der Waals surface area contributed by atoms with E-state index in [2.05, 4.69) is 10.0 Å². The molecule has 0 aromatic rings.